The molecule has 0 aromatic carbocycles. The molecule has 10 heteroatoms. The number of anilines is 1. The van der Waals surface area contributed by atoms with Gasteiger partial charge in [0.2, 0.25) is 5.91 Å². The van der Waals surface area contributed by atoms with E-state index in [1.54, 1.807) is 17.6 Å². The molecule has 3 aromatic heterocycles. The van der Waals surface area contributed by atoms with Gasteiger partial charge < -0.3 is 5.32 Å². The Balaban J connectivity index is 1.77. The average molecular weight is 429 g/mol. The van der Waals surface area contributed by atoms with E-state index in [0.717, 1.165) is 0 Å². The third kappa shape index (κ3) is 3.88. The zero-order chi connectivity index (χ0) is 18.8. The predicted octanol–water partition coefficient (Wildman–Crippen LogP) is 4.22. The van der Waals surface area contributed by atoms with Gasteiger partial charge in [-0.15, -0.1) is 11.3 Å². The summed E-state index contributed by atoms with van der Waals surface area (Å²) < 4.78 is 2.18. The average Bonchev–Trinajstić information content (AvgIpc) is 3.07. The van der Waals surface area contributed by atoms with Gasteiger partial charge >= 0.3 is 0 Å². The first-order chi connectivity index (χ1) is 12.4. The van der Waals surface area contributed by atoms with Gasteiger partial charge in [-0.1, -0.05) is 35.0 Å². The van der Waals surface area contributed by atoms with Crippen LogP contribution in [0.1, 0.15) is 12.6 Å². The molecule has 1 amide bonds. The summed E-state index contributed by atoms with van der Waals surface area (Å²) in [5.74, 6) is 0.0311. The summed E-state index contributed by atoms with van der Waals surface area (Å²) in [5, 5.41) is 5.69. The van der Waals surface area contributed by atoms with Crippen molar-refractivity contribution in [1.82, 2.24) is 14.5 Å². The van der Waals surface area contributed by atoms with Gasteiger partial charge in [0.25, 0.3) is 5.56 Å². The highest BCUT2D eigenvalue weighted by Gasteiger charge is 2.15. The molecule has 0 radical (unpaired) electrons. The van der Waals surface area contributed by atoms with Crippen LogP contribution in [0.15, 0.2) is 27.5 Å². The Morgan fingerprint density at radius 2 is 2.12 bits per heavy atom. The predicted molar refractivity (Wildman–Crippen MR) is 108 cm³/mol. The molecule has 1 N–H and O–H groups in total. The van der Waals surface area contributed by atoms with Crippen LogP contribution in [0, 0.1) is 6.92 Å². The molecule has 0 spiro atoms. The number of carbonyl (C=O) groups excluding carboxylic acids is 1. The van der Waals surface area contributed by atoms with E-state index in [0.29, 0.717) is 32.6 Å². The molecule has 0 bridgehead atoms. The molecule has 0 atom stereocenters. The second kappa shape index (κ2) is 7.96. The topological polar surface area (TPSA) is 76.9 Å². The number of nitrogens with zero attached hydrogens (tertiary/aromatic N) is 3. The monoisotopic (exact) mass is 428 g/mol. The van der Waals surface area contributed by atoms with E-state index in [2.05, 4.69) is 15.3 Å². The first-order valence-electron chi connectivity index (χ1n) is 7.64. The number of thioether (sulfide) groups is 1. The molecule has 6 nitrogen and oxygen atoms in total. The highest BCUT2D eigenvalue weighted by molar-refractivity contribution is 7.99. The molecule has 3 rings (SSSR count). The summed E-state index contributed by atoms with van der Waals surface area (Å²) >= 11 is 14.6. The minimum atomic E-state index is -0.298. The number of hydrogen-bond acceptors (Lipinski definition) is 6. The van der Waals surface area contributed by atoms with E-state index in [1.165, 1.54) is 29.2 Å². The fraction of sp³-hybridized carbons (Fsp3) is 0.250. The van der Waals surface area contributed by atoms with Crippen molar-refractivity contribution in [2.24, 2.45) is 0 Å². The summed E-state index contributed by atoms with van der Waals surface area (Å²) in [6, 6.07) is 3.33. The number of thiophene rings is 1. The molecular formula is C16H14Cl2N4O2S2. The zero-order valence-corrected chi connectivity index (χ0v) is 17.0. The Kier molecular flexibility index (Phi) is 5.86. The Bertz CT molecular complexity index is 1050. The van der Waals surface area contributed by atoms with Gasteiger partial charge in [-0.25, -0.2) is 9.97 Å². The number of halogens is 2. The number of pyridine rings is 1. The molecular weight excluding hydrogens is 415 g/mol. The van der Waals surface area contributed by atoms with Crippen molar-refractivity contribution >= 4 is 68.2 Å². The zero-order valence-electron chi connectivity index (χ0n) is 13.9. The maximum Gasteiger partial charge on any atom is 0.272 e. The van der Waals surface area contributed by atoms with Crippen LogP contribution < -0.4 is 10.9 Å². The second-order valence-electron chi connectivity index (χ2n) is 5.30. The summed E-state index contributed by atoms with van der Waals surface area (Å²) in [4.78, 5) is 33.4. The first-order valence-corrected chi connectivity index (χ1v) is 10.3. The van der Waals surface area contributed by atoms with Crippen molar-refractivity contribution < 1.29 is 4.79 Å². The Labute approximate surface area is 167 Å². The van der Waals surface area contributed by atoms with Gasteiger partial charge in [-0.3, -0.25) is 14.2 Å². The Hall–Kier alpha value is -1.61. The maximum atomic E-state index is 12.5. The molecule has 0 saturated heterocycles. The fourth-order valence-electron chi connectivity index (χ4n) is 2.26. The normalized spacial score (nSPS) is 11.1. The van der Waals surface area contributed by atoms with Gasteiger partial charge in [-0.2, -0.15) is 0 Å². The number of fused-ring (bicyclic) bond motifs is 1. The van der Waals surface area contributed by atoms with Gasteiger partial charge in [0.15, 0.2) is 11.0 Å². The van der Waals surface area contributed by atoms with Gasteiger partial charge in [0.05, 0.1) is 27.0 Å². The van der Waals surface area contributed by atoms with Gasteiger partial charge in [0.1, 0.15) is 4.70 Å². The number of aromatic nitrogens is 3. The molecule has 136 valence electrons. The standard InChI is InChI=1S/C16H14Cl2N4O2S2/c1-3-22-15(24)13-11(4-5-25-13)20-16(22)26-7-12(23)21-14-10(18)6-9(17)8(2)19-14/h4-6H,3,7H2,1-2H3,(H,19,21,23). The van der Waals surface area contributed by atoms with E-state index in [-0.39, 0.29) is 28.1 Å². The smallest absolute Gasteiger partial charge is 0.272 e. The van der Waals surface area contributed by atoms with Gasteiger partial charge in [-0.05, 0) is 31.4 Å². The lowest BCUT2D eigenvalue weighted by Crippen LogP contribution is -2.23. The molecule has 0 aliphatic carbocycles. The molecule has 0 aliphatic rings. The summed E-state index contributed by atoms with van der Waals surface area (Å²) in [7, 11) is 0. The van der Waals surface area contributed by atoms with Crippen molar-refractivity contribution in [3.8, 4) is 0 Å². The number of aryl methyl sites for hydroxylation is 1. The fourth-order valence-corrected chi connectivity index (χ4v) is 4.30. The van der Waals surface area contributed by atoms with Crippen LogP contribution in [0.3, 0.4) is 0 Å². The number of carbonyl (C=O) groups is 1. The molecule has 0 unspecified atom stereocenters. The van der Waals surface area contributed by atoms with E-state index >= 15 is 0 Å². The molecule has 3 heterocycles. The number of nitrogens with one attached hydrogen (secondary N) is 1. The lowest BCUT2D eigenvalue weighted by Gasteiger charge is -2.10. The third-order valence-electron chi connectivity index (χ3n) is 3.54. The van der Waals surface area contributed by atoms with Crippen molar-refractivity contribution in [3.05, 3.63) is 43.6 Å². The van der Waals surface area contributed by atoms with Crippen molar-refractivity contribution in [2.45, 2.75) is 25.5 Å². The van der Waals surface area contributed by atoms with Crippen LogP contribution in [-0.4, -0.2) is 26.2 Å². The van der Waals surface area contributed by atoms with Crippen molar-refractivity contribution in [1.29, 1.82) is 0 Å². The van der Waals surface area contributed by atoms with Crippen LogP contribution in [0.5, 0.6) is 0 Å². The van der Waals surface area contributed by atoms with Crippen LogP contribution >= 0.6 is 46.3 Å². The number of hydrogen-bond donors (Lipinski definition) is 1. The lowest BCUT2D eigenvalue weighted by molar-refractivity contribution is -0.113. The highest BCUT2D eigenvalue weighted by atomic mass is 35.5. The van der Waals surface area contributed by atoms with Crippen molar-refractivity contribution in [3.63, 3.8) is 0 Å². The van der Waals surface area contributed by atoms with E-state index < -0.39 is 0 Å². The molecule has 0 aliphatic heterocycles. The second-order valence-corrected chi connectivity index (χ2v) is 7.97. The molecule has 0 fully saturated rings. The Morgan fingerprint density at radius 3 is 2.85 bits per heavy atom. The van der Waals surface area contributed by atoms with Gasteiger partial charge in [0, 0.05) is 6.54 Å². The minimum Gasteiger partial charge on any atom is -0.309 e. The lowest BCUT2D eigenvalue weighted by atomic mass is 10.3. The third-order valence-corrected chi connectivity index (χ3v) is 6.08. The summed E-state index contributed by atoms with van der Waals surface area (Å²) in [6.45, 7) is 4.07. The number of amides is 1. The van der Waals surface area contributed by atoms with E-state index in [9.17, 15) is 9.59 Å². The van der Waals surface area contributed by atoms with Crippen LogP contribution in [0.25, 0.3) is 10.2 Å². The maximum absolute atomic E-state index is 12.5. The Morgan fingerprint density at radius 1 is 1.35 bits per heavy atom. The summed E-state index contributed by atoms with van der Waals surface area (Å²) in [5.41, 5.74) is 1.13. The van der Waals surface area contributed by atoms with Crippen LogP contribution in [0.4, 0.5) is 5.82 Å². The molecule has 0 saturated carbocycles. The molecule has 26 heavy (non-hydrogen) atoms. The van der Waals surface area contributed by atoms with Crippen LogP contribution in [0.2, 0.25) is 10.0 Å². The van der Waals surface area contributed by atoms with Crippen molar-refractivity contribution in [2.75, 3.05) is 11.1 Å². The van der Waals surface area contributed by atoms with E-state index in [1.807, 2.05) is 12.3 Å². The number of rotatable bonds is 5. The first kappa shape index (κ1) is 19.2. The summed E-state index contributed by atoms with van der Waals surface area (Å²) in [6.07, 6.45) is 0. The highest BCUT2D eigenvalue weighted by Crippen LogP contribution is 2.26. The minimum absolute atomic E-state index is 0.0712. The van der Waals surface area contributed by atoms with Crippen LogP contribution in [-0.2, 0) is 11.3 Å². The quantitative estimate of drug-likeness (QED) is 0.486. The van der Waals surface area contributed by atoms with E-state index in [4.69, 9.17) is 23.2 Å². The SMILES string of the molecule is CCn1c(SCC(=O)Nc2nc(C)c(Cl)cc2Cl)nc2ccsc2c1=O. The molecule has 3 aromatic rings. The largest absolute Gasteiger partial charge is 0.309 e.